The van der Waals surface area contributed by atoms with E-state index < -0.39 is 0 Å². The number of anilines is 1. The molecule has 0 saturated heterocycles. The third-order valence-electron chi connectivity index (χ3n) is 3.41. The van der Waals surface area contributed by atoms with Crippen LogP contribution in [0.5, 0.6) is 0 Å². The fourth-order valence-corrected chi connectivity index (χ4v) is 2.41. The largest absolute Gasteiger partial charge is 0.378 e. The third kappa shape index (κ3) is 2.19. The summed E-state index contributed by atoms with van der Waals surface area (Å²) in [5.74, 6) is 1.05. The van der Waals surface area contributed by atoms with Gasteiger partial charge < -0.3 is 9.88 Å². The molecule has 1 N–H and O–H groups in total. The third-order valence-corrected chi connectivity index (χ3v) is 3.41. The highest BCUT2D eigenvalue weighted by Gasteiger charge is 2.08. The first-order valence-electron chi connectivity index (χ1n) is 6.45. The van der Waals surface area contributed by atoms with E-state index in [1.807, 2.05) is 18.2 Å². The number of fused-ring (bicyclic) bond motifs is 1. The Kier molecular flexibility index (Phi) is 2.95. The van der Waals surface area contributed by atoms with Crippen molar-refractivity contribution < 1.29 is 0 Å². The van der Waals surface area contributed by atoms with Crippen molar-refractivity contribution in [3.05, 3.63) is 59.9 Å². The van der Waals surface area contributed by atoms with Gasteiger partial charge in [-0.2, -0.15) is 0 Å². The maximum absolute atomic E-state index is 4.69. The highest BCUT2D eigenvalue weighted by Crippen LogP contribution is 2.19. The molecular weight excluding hydrogens is 234 g/mol. The Morgan fingerprint density at radius 3 is 2.58 bits per heavy atom. The number of nitrogens with zero attached hydrogens (tertiary/aromatic N) is 2. The zero-order valence-corrected chi connectivity index (χ0v) is 11.2. The molecule has 0 fully saturated rings. The Morgan fingerprint density at radius 2 is 1.84 bits per heavy atom. The fourth-order valence-electron chi connectivity index (χ4n) is 2.41. The minimum absolute atomic E-state index is 0.731. The summed E-state index contributed by atoms with van der Waals surface area (Å²) in [6.45, 7) is 2.85. The molecule has 1 aromatic heterocycles. The summed E-state index contributed by atoms with van der Waals surface area (Å²) in [5.41, 5.74) is 4.66. The van der Waals surface area contributed by atoms with Crippen LogP contribution in [-0.4, -0.2) is 9.55 Å². The summed E-state index contributed by atoms with van der Waals surface area (Å²) in [5, 5.41) is 3.40. The first kappa shape index (κ1) is 11.8. The topological polar surface area (TPSA) is 29.9 Å². The molecule has 0 unspecified atom stereocenters. The van der Waals surface area contributed by atoms with E-state index in [1.165, 1.54) is 11.1 Å². The van der Waals surface area contributed by atoms with Crippen LogP contribution in [0.3, 0.4) is 0 Å². The molecule has 3 rings (SSSR count). The Hall–Kier alpha value is -2.29. The van der Waals surface area contributed by atoms with Crippen molar-refractivity contribution in [3.8, 4) is 0 Å². The molecule has 19 heavy (non-hydrogen) atoms. The lowest BCUT2D eigenvalue weighted by Gasteiger charge is -2.06. The first-order valence-corrected chi connectivity index (χ1v) is 6.45. The number of hydrogen-bond donors (Lipinski definition) is 1. The fraction of sp³-hybridized carbons (Fsp3) is 0.188. The van der Waals surface area contributed by atoms with Gasteiger partial charge in [-0.25, -0.2) is 4.98 Å². The summed E-state index contributed by atoms with van der Waals surface area (Å²) in [6.07, 6.45) is 0. The molecule has 0 aliphatic heterocycles. The molecule has 1 heterocycles. The van der Waals surface area contributed by atoms with Crippen molar-refractivity contribution in [2.24, 2.45) is 7.05 Å². The highest BCUT2D eigenvalue weighted by molar-refractivity contribution is 5.79. The second-order valence-corrected chi connectivity index (χ2v) is 4.75. The van der Waals surface area contributed by atoms with E-state index in [9.17, 15) is 0 Å². The maximum Gasteiger partial charge on any atom is 0.129 e. The van der Waals surface area contributed by atoms with Gasteiger partial charge in [0.1, 0.15) is 5.82 Å². The molecule has 0 saturated carbocycles. The van der Waals surface area contributed by atoms with Crippen LogP contribution in [0.1, 0.15) is 11.4 Å². The molecule has 0 aliphatic rings. The normalized spacial score (nSPS) is 10.8. The summed E-state index contributed by atoms with van der Waals surface area (Å²) >= 11 is 0. The predicted octanol–water partition coefficient (Wildman–Crippen LogP) is 3.49. The van der Waals surface area contributed by atoms with Crippen molar-refractivity contribution in [2.75, 3.05) is 5.32 Å². The number of para-hydroxylation sites is 2. The average molecular weight is 251 g/mol. The number of rotatable bonds is 3. The molecule has 0 spiro atoms. The van der Waals surface area contributed by atoms with Gasteiger partial charge in [0.05, 0.1) is 17.6 Å². The van der Waals surface area contributed by atoms with Gasteiger partial charge in [0.2, 0.25) is 0 Å². The molecule has 2 aromatic carbocycles. The van der Waals surface area contributed by atoms with E-state index in [4.69, 9.17) is 0 Å². The van der Waals surface area contributed by atoms with Crippen molar-refractivity contribution in [1.29, 1.82) is 0 Å². The molecule has 0 aliphatic carbocycles. The van der Waals surface area contributed by atoms with Crippen LogP contribution in [0, 0.1) is 6.92 Å². The molecule has 3 heteroatoms. The van der Waals surface area contributed by atoms with E-state index >= 15 is 0 Å². The average Bonchev–Trinajstić information content (AvgIpc) is 2.76. The van der Waals surface area contributed by atoms with Crippen LogP contribution in [0.25, 0.3) is 11.0 Å². The number of imidazole rings is 1. The molecule has 0 bridgehead atoms. The molecule has 0 radical (unpaired) electrons. The summed E-state index contributed by atoms with van der Waals surface area (Å²) in [4.78, 5) is 4.69. The van der Waals surface area contributed by atoms with Gasteiger partial charge >= 0.3 is 0 Å². The number of nitrogens with one attached hydrogen (secondary N) is 1. The zero-order valence-electron chi connectivity index (χ0n) is 11.2. The van der Waals surface area contributed by atoms with Crippen molar-refractivity contribution >= 4 is 16.7 Å². The Labute approximate surface area is 112 Å². The number of benzene rings is 2. The molecule has 0 amide bonds. The van der Waals surface area contributed by atoms with E-state index in [0.717, 1.165) is 23.6 Å². The predicted molar refractivity (Wildman–Crippen MR) is 79.2 cm³/mol. The van der Waals surface area contributed by atoms with E-state index in [-0.39, 0.29) is 0 Å². The van der Waals surface area contributed by atoms with Gasteiger partial charge in [-0.15, -0.1) is 0 Å². The second-order valence-electron chi connectivity index (χ2n) is 4.75. The Balaban J connectivity index is 1.90. The van der Waals surface area contributed by atoms with E-state index in [1.54, 1.807) is 0 Å². The van der Waals surface area contributed by atoms with Gasteiger partial charge in [0.25, 0.3) is 0 Å². The van der Waals surface area contributed by atoms with Crippen LogP contribution in [0.15, 0.2) is 48.5 Å². The molecular formula is C16H17N3. The monoisotopic (exact) mass is 251 g/mol. The second kappa shape index (κ2) is 4.76. The van der Waals surface area contributed by atoms with Gasteiger partial charge in [0, 0.05) is 12.7 Å². The van der Waals surface area contributed by atoms with Gasteiger partial charge in [0.15, 0.2) is 0 Å². The lowest BCUT2D eigenvalue weighted by atomic mass is 10.2. The van der Waals surface area contributed by atoms with Crippen molar-refractivity contribution in [3.63, 3.8) is 0 Å². The molecule has 96 valence electrons. The van der Waals surface area contributed by atoms with Crippen LogP contribution in [-0.2, 0) is 13.6 Å². The minimum atomic E-state index is 0.731. The van der Waals surface area contributed by atoms with E-state index in [2.05, 4.69) is 59.2 Å². The molecule has 3 nitrogen and oxygen atoms in total. The molecule has 3 aromatic rings. The SMILES string of the molecule is Cc1cccc2nc(CNc3ccccc3)n(C)c12. The number of aryl methyl sites for hydroxylation is 2. The smallest absolute Gasteiger partial charge is 0.129 e. The van der Waals surface area contributed by atoms with Crippen molar-refractivity contribution in [2.45, 2.75) is 13.5 Å². The van der Waals surface area contributed by atoms with Gasteiger partial charge in [-0.1, -0.05) is 30.3 Å². The van der Waals surface area contributed by atoms with Gasteiger partial charge in [-0.05, 0) is 30.7 Å². The maximum atomic E-state index is 4.69. The lowest BCUT2D eigenvalue weighted by molar-refractivity contribution is 0.833. The minimum Gasteiger partial charge on any atom is -0.378 e. The molecule has 0 atom stereocenters. The summed E-state index contributed by atoms with van der Waals surface area (Å²) < 4.78 is 2.17. The first-order chi connectivity index (χ1) is 9.25. The summed E-state index contributed by atoms with van der Waals surface area (Å²) in [6, 6.07) is 16.4. The Bertz CT molecular complexity index is 699. The van der Waals surface area contributed by atoms with Crippen LogP contribution < -0.4 is 5.32 Å². The van der Waals surface area contributed by atoms with Crippen molar-refractivity contribution in [1.82, 2.24) is 9.55 Å². The van der Waals surface area contributed by atoms with E-state index in [0.29, 0.717) is 0 Å². The van der Waals surface area contributed by atoms with Crippen LogP contribution >= 0.6 is 0 Å². The number of aromatic nitrogens is 2. The van der Waals surface area contributed by atoms with Crippen LogP contribution in [0.2, 0.25) is 0 Å². The number of hydrogen-bond acceptors (Lipinski definition) is 2. The van der Waals surface area contributed by atoms with Crippen LogP contribution in [0.4, 0.5) is 5.69 Å². The highest BCUT2D eigenvalue weighted by atomic mass is 15.1. The standard InChI is InChI=1S/C16H17N3/c1-12-7-6-10-14-16(12)19(2)15(18-14)11-17-13-8-4-3-5-9-13/h3-10,17H,11H2,1-2H3. The summed E-state index contributed by atoms with van der Waals surface area (Å²) in [7, 11) is 2.07. The quantitative estimate of drug-likeness (QED) is 0.772. The lowest BCUT2D eigenvalue weighted by Crippen LogP contribution is -2.05. The Morgan fingerprint density at radius 1 is 1.05 bits per heavy atom. The zero-order chi connectivity index (χ0) is 13.2. The van der Waals surface area contributed by atoms with Gasteiger partial charge in [-0.3, -0.25) is 0 Å².